The number of benzene rings is 2. The molecule has 3 heterocycles. The number of fused-ring (bicyclic) bond motifs is 1. The number of nitrogens with two attached hydrogens (primary N) is 1. The average molecular weight is 475 g/mol. The summed E-state index contributed by atoms with van der Waals surface area (Å²) in [6, 6.07) is 13.5. The first kappa shape index (κ1) is 22.7. The van der Waals surface area contributed by atoms with Gasteiger partial charge < -0.3 is 11.1 Å². The van der Waals surface area contributed by atoms with Crippen LogP contribution in [-0.2, 0) is 7.05 Å². The van der Waals surface area contributed by atoms with Crippen molar-refractivity contribution in [1.29, 1.82) is 0 Å². The monoisotopic (exact) mass is 474 g/mol. The van der Waals surface area contributed by atoms with Crippen LogP contribution in [0.5, 0.6) is 0 Å². The molecule has 0 aliphatic rings. The second-order valence-electron chi connectivity index (χ2n) is 8.22. The van der Waals surface area contributed by atoms with E-state index >= 15 is 0 Å². The molecule has 5 rings (SSSR count). The van der Waals surface area contributed by atoms with E-state index in [1.54, 1.807) is 17.1 Å². The molecule has 0 saturated heterocycles. The normalized spacial score (nSPS) is 11.5. The molecule has 0 aliphatic carbocycles. The standard InChI is InChI=1S/C27H22N8O/c1-17(33-27(36)25-26(28)30-11-10-29-25)21-13-24-23(12-22(21)19-6-4-3-5-7-19)20(15-31-34-24)9-8-18-14-32-35(2)16-18/h3-7,10-17H,1-2H3,(H2,28,30)(H,33,36)/t17-/m0/s1. The summed E-state index contributed by atoms with van der Waals surface area (Å²) in [5, 5.41) is 16.5. The predicted molar refractivity (Wildman–Crippen MR) is 136 cm³/mol. The van der Waals surface area contributed by atoms with Gasteiger partial charge in [0.05, 0.1) is 35.1 Å². The second-order valence-corrected chi connectivity index (χ2v) is 8.22. The molecule has 36 heavy (non-hydrogen) atoms. The van der Waals surface area contributed by atoms with Gasteiger partial charge in [-0.3, -0.25) is 9.48 Å². The molecule has 0 spiro atoms. The Hall–Kier alpha value is -5.10. The van der Waals surface area contributed by atoms with E-state index in [0.29, 0.717) is 5.52 Å². The van der Waals surface area contributed by atoms with Crippen molar-refractivity contribution < 1.29 is 4.79 Å². The number of hydrogen-bond acceptors (Lipinski definition) is 7. The Kier molecular flexibility index (Phi) is 6.07. The quantitative estimate of drug-likeness (QED) is 0.383. The summed E-state index contributed by atoms with van der Waals surface area (Å²) in [7, 11) is 1.85. The Bertz CT molecular complexity index is 1630. The number of carbonyl (C=O) groups excluding carboxylic acids is 1. The summed E-state index contributed by atoms with van der Waals surface area (Å²) in [5.41, 5.74) is 11.0. The number of nitrogen functional groups attached to an aromatic ring is 1. The van der Waals surface area contributed by atoms with E-state index in [2.05, 4.69) is 42.4 Å². The molecule has 0 fully saturated rings. The summed E-state index contributed by atoms with van der Waals surface area (Å²) in [6.07, 6.45) is 8.10. The summed E-state index contributed by atoms with van der Waals surface area (Å²) in [6.45, 7) is 1.90. The van der Waals surface area contributed by atoms with Crippen molar-refractivity contribution in [2.75, 3.05) is 5.73 Å². The zero-order valence-electron chi connectivity index (χ0n) is 19.7. The van der Waals surface area contributed by atoms with Crippen LogP contribution in [0.2, 0.25) is 0 Å². The topological polar surface area (TPSA) is 124 Å². The minimum Gasteiger partial charge on any atom is -0.382 e. The van der Waals surface area contributed by atoms with Crippen molar-refractivity contribution >= 4 is 22.6 Å². The number of aryl methyl sites for hydroxylation is 1. The lowest BCUT2D eigenvalue weighted by molar-refractivity contribution is 0.0935. The maximum atomic E-state index is 12.9. The molecule has 9 nitrogen and oxygen atoms in total. The Balaban J connectivity index is 1.59. The number of hydrogen-bond donors (Lipinski definition) is 2. The summed E-state index contributed by atoms with van der Waals surface area (Å²) in [4.78, 5) is 20.9. The molecule has 1 amide bonds. The summed E-state index contributed by atoms with van der Waals surface area (Å²) in [5.74, 6) is 6.00. The maximum Gasteiger partial charge on any atom is 0.274 e. The SMILES string of the molecule is C[C@H](NC(=O)c1nccnc1N)c1cc2nncc(C#Cc3cnn(C)c3)c2cc1-c1ccccc1. The first-order valence-corrected chi connectivity index (χ1v) is 11.2. The number of nitrogens with one attached hydrogen (secondary N) is 1. The lowest BCUT2D eigenvalue weighted by Gasteiger charge is -2.19. The third kappa shape index (κ3) is 4.60. The molecule has 0 aliphatic heterocycles. The van der Waals surface area contributed by atoms with Crippen molar-refractivity contribution in [3.05, 3.63) is 95.8 Å². The van der Waals surface area contributed by atoms with Crippen molar-refractivity contribution in [2.24, 2.45) is 7.05 Å². The number of amides is 1. The molecular formula is C27H22N8O. The highest BCUT2D eigenvalue weighted by atomic mass is 16.2. The molecule has 2 aromatic carbocycles. The van der Waals surface area contributed by atoms with Crippen LogP contribution in [0.25, 0.3) is 22.0 Å². The van der Waals surface area contributed by atoms with Crippen LogP contribution in [0.4, 0.5) is 5.82 Å². The van der Waals surface area contributed by atoms with Crippen molar-refractivity contribution in [3.63, 3.8) is 0 Å². The minimum atomic E-state index is -0.408. The van der Waals surface area contributed by atoms with E-state index in [1.807, 2.05) is 62.6 Å². The molecule has 0 radical (unpaired) electrons. The number of nitrogens with zero attached hydrogens (tertiary/aromatic N) is 6. The smallest absolute Gasteiger partial charge is 0.274 e. The van der Waals surface area contributed by atoms with E-state index in [4.69, 9.17) is 5.73 Å². The maximum absolute atomic E-state index is 12.9. The lowest BCUT2D eigenvalue weighted by atomic mass is 9.92. The van der Waals surface area contributed by atoms with E-state index in [0.717, 1.165) is 33.2 Å². The number of carbonyl (C=O) groups is 1. The van der Waals surface area contributed by atoms with Gasteiger partial charge in [-0.15, -0.1) is 0 Å². The van der Waals surface area contributed by atoms with Crippen LogP contribution in [0.15, 0.2) is 73.4 Å². The highest BCUT2D eigenvalue weighted by Gasteiger charge is 2.20. The van der Waals surface area contributed by atoms with Gasteiger partial charge >= 0.3 is 0 Å². The van der Waals surface area contributed by atoms with Gasteiger partial charge in [0.1, 0.15) is 0 Å². The minimum absolute atomic E-state index is 0.0756. The largest absolute Gasteiger partial charge is 0.382 e. The summed E-state index contributed by atoms with van der Waals surface area (Å²) >= 11 is 0. The van der Waals surface area contributed by atoms with Gasteiger partial charge in [-0.1, -0.05) is 42.2 Å². The molecule has 0 unspecified atom stereocenters. The van der Waals surface area contributed by atoms with E-state index in [9.17, 15) is 4.79 Å². The van der Waals surface area contributed by atoms with Crippen molar-refractivity contribution in [1.82, 2.24) is 35.3 Å². The summed E-state index contributed by atoms with van der Waals surface area (Å²) < 4.78 is 1.71. The van der Waals surface area contributed by atoms with E-state index < -0.39 is 5.91 Å². The Labute approximate surface area is 207 Å². The van der Waals surface area contributed by atoms with Crippen LogP contribution in [0.1, 0.15) is 40.1 Å². The Morgan fingerprint density at radius 1 is 1.08 bits per heavy atom. The van der Waals surface area contributed by atoms with Crippen LogP contribution in [-0.4, -0.2) is 35.9 Å². The third-order valence-corrected chi connectivity index (χ3v) is 5.70. The third-order valence-electron chi connectivity index (χ3n) is 5.70. The zero-order chi connectivity index (χ0) is 25.1. The molecule has 1 atom stereocenters. The Morgan fingerprint density at radius 3 is 2.64 bits per heavy atom. The first-order valence-electron chi connectivity index (χ1n) is 11.2. The Morgan fingerprint density at radius 2 is 1.89 bits per heavy atom. The predicted octanol–water partition coefficient (Wildman–Crippen LogP) is 3.29. The number of aromatic nitrogens is 6. The zero-order valence-corrected chi connectivity index (χ0v) is 19.7. The van der Waals surface area contributed by atoms with Crippen LogP contribution < -0.4 is 11.1 Å². The van der Waals surface area contributed by atoms with Gasteiger partial charge in [0.2, 0.25) is 0 Å². The van der Waals surface area contributed by atoms with E-state index in [-0.39, 0.29) is 17.6 Å². The van der Waals surface area contributed by atoms with Gasteiger partial charge in [-0.05, 0) is 35.7 Å². The van der Waals surface area contributed by atoms with Gasteiger partial charge in [-0.25, -0.2) is 9.97 Å². The van der Waals surface area contributed by atoms with Crippen molar-refractivity contribution in [3.8, 4) is 23.0 Å². The molecule has 0 bridgehead atoms. The molecule has 176 valence electrons. The molecule has 3 aromatic heterocycles. The number of rotatable bonds is 4. The lowest BCUT2D eigenvalue weighted by Crippen LogP contribution is -2.28. The van der Waals surface area contributed by atoms with Crippen LogP contribution in [0.3, 0.4) is 0 Å². The van der Waals surface area contributed by atoms with Gasteiger partial charge in [0.15, 0.2) is 11.5 Å². The highest BCUT2D eigenvalue weighted by molar-refractivity contribution is 5.97. The van der Waals surface area contributed by atoms with Gasteiger partial charge in [0, 0.05) is 31.0 Å². The average Bonchev–Trinajstić information content (AvgIpc) is 3.32. The van der Waals surface area contributed by atoms with Gasteiger partial charge in [-0.2, -0.15) is 15.3 Å². The fourth-order valence-corrected chi connectivity index (χ4v) is 3.94. The molecule has 9 heteroatoms. The van der Waals surface area contributed by atoms with Crippen LogP contribution in [0, 0.1) is 11.8 Å². The highest BCUT2D eigenvalue weighted by Crippen LogP contribution is 2.33. The second kappa shape index (κ2) is 9.64. The van der Waals surface area contributed by atoms with Crippen LogP contribution >= 0.6 is 0 Å². The number of anilines is 1. The van der Waals surface area contributed by atoms with Gasteiger partial charge in [0.25, 0.3) is 5.91 Å². The van der Waals surface area contributed by atoms with Crippen molar-refractivity contribution in [2.45, 2.75) is 13.0 Å². The fourth-order valence-electron chi connectivity index (χ4n) is 3.94. The molecule has 0 saturated carbocycles. The van der Waals surface area contributed by atoms with E-state index in [1.165, 1.54) is 12.4 Å². The molecule has 5 aromatic rings. The molecule has 3 N–H and O–H groups in total. The molecular weight excluding hydrogens is 452 g/mol. The fraction of sp³-hybridized carbons (Fsp3) is 0.111. The first-order chi connectivity index (χ1) is 17.5.